The number of aromatic nitrogens is 15. The average Bonchev–Trinajstić information content (AvgIpc) is 1.64. The van der Waals surface area contributed by atoms with Gasteiger partial charge in [-0.3, -0.25) is 13.7 Å². The van der Waals surface area contributed by atoms with Gasteiger partial charge >= 0.3 is 11.9 Å². The fraction of sp³-hybridized carbons (Fsp3) is 0.700. The zero-order chi connectivity index (χ0) is 98.5. The standard InChI is InChI=1S/C29H45N9O10.C19H28N6O4.C10H11ClN4O4.C10H20N2.C9H18N2.C7H18N2.C4H6.C2H6/c1-18(40)28(43)47-19(2)29(44)46-12-11-45-10-9-37-14-20(35-36-37)13-30-7-5-3-4-6-8-31-25-22-26(33-16-32-25)38(17-34-22)27-24(42)23(41)21(15-39)48-27;1-2-7-20-8-5-3-4-6-9-21-17-14-18(23-11-22-17)25(12-24-14)19-16(28)15(27)13(10-26)29-19;11-8-5-9(13-2-12-8)15(3-14-5)10-7(18)6(17)4(1-16)19-10;1-3-8-12-10-7-5-4-6-9-11-2;1-2-8-11-9-6-4-3-5-7-10;1-9-7-5-3-2-4-6-8;1-3-4-2;1-2/h14,16-19,21,23-24,27,30,39-42H,3-13,15H2,1-2H3,(H,31,32,33);1,11-13,15-16,19-20,26-28H,3-10H2,(H,21,22,23);2-4,6-7,10,16-18H,1H2;1,11-12H,4-10H2,2H3;1,11H,3-10H2;9H,2-8H2,1H3;1H,4H2,2H3;1-2H3/t18?,19?,21-,23?,24+,27-;13-,15?,16+,19-;4-,6?,7+,10-;;;;;/m111...../s1. The van der Waals surface area contributed by atoms with Gasteiger partial charge in [-0.15, -0.1) is 36.7 Å². The molecule has 0 spiro atoms. The maximum absolute atomic E-state index is 11.8. The highest BCUT2D eigenvalue weighted by Crippen LogP contribution is 2.35. The Hall–Kier alpha value is -9.02. The summed E-state index contributed by atoms with van der Waals surface area (Å²) >= 11 is 5.88. The van der Waals surface area contributed by atoms with Crippen LogP contribution < -0.4 is 54.0 Å². The van der Waals surface area contributed by atoms with Crippen LogP contribution in [-0.4, -0.2) is 343 Å². The van der Waals surface area contributed by atoms with E-state index in [0.29, 0.717) is 91.0 Å². The molecular weight excluding hydrogens is 1750 g/mol. The van der Waals surface area contributed by atoms with Crippen molar-refractivity contribution >= 4 is 68.7 Å². The topological polar surface area (TPSA) is 602 Å². The lowest BCUT2D eigenvalue weighted by Crippen LogP contribution is -2.33. The molecule has 0 aliphatic carbocycles. The molecule has 3 aliphatic rings. The molecule has 0 radical (unpaired) electrons. The van der Waals surface area contributed by atoms with Crippen molar-refractivity contribution in [1.29, 1.82) is 0 Å². The van der Waals surface area contributed by atoms with Crippen molar-refractivity contribution in [3.63, 3.8) is 0 Å². The highest BCUT2D eigenvalue weighted by Gasteiger charge is 2.46. The molecule has 3 saturated heterocycles. The van der Waals surface area contributed by atoms with Crippen molar-refractivity contribution in [2.24, 2.45) is 11.5 Å². The molecule has 44 heteroatoms. The third-order valence-electron chi connectivity index (χ3n) is 20.5. The van der Waals surface area contributed by atoms with Crippen LogP contribution in [0.2, 0.25) is 5.15 Å². The van der Waals surface area contributed by atoms with Gasteiger partial charge in [0.05, 0.1) is 83.9 Å². The zero-order valence-corrected chi connectivity index (χ0v) is 79.9. The van der Waals surface area contributed by atoms with E-state index in [1.54, 1.807) is 9.25 Å². The summed E-state index contributed by atoms with van der Waals surface area (Å²) in [5.41, 5.74) is 14.3. The van der Waals surface area contributed by atoms with Gasteiger partial charge < -0.3 is 133 Å². The summed E-state index contributed by atoms with van der Waals surface area (Å²) in [5, 5.41) is 131. The first-order chi connectivity index (χ1) is 65.1. The second kappa shape index (κ2) is 74.2. The number of carbonyl (C=O) groups is 2. The number of nitrogens with two attached hydrogens (primary N) is 2. The Morgan fingerprint density at radius 3 is 1.22 bits per heavy atom. The molecule has 22 N–H and O–H groups in total. The molecule has 7 aromatic heterocycles. The molecule has 5 unspecified atom stereocenters. The molecular formula is C90H152ClN25O18. The summed E-state index contributed by atoms with van der Waals surface area (Å²) in [6.07, 6.45) is 39.8. The summed E-state index contributed by atoms with van der Waals surface area (Å²) in [4.78, 5) is 60.8. The number of imidazole rings is 3. The maximum atomic E-state index is 11.8. The van der Waals surface area contributed by atoms with Gasteiger partial charge in [-0.2, -0.15) is 0 Å². The second-order valence-electron chi connectivity index (χ2n) is 30.9. The number of aliphatic hydroxyl groups excluding tert-OH is 10. The molecule has 43 nitrogen and oxygen atoms in total. The minimum atomic E-state index is -1.32. The third kappa shape index (κ3) is 44.4. The van der Waals surface area contributed by atoms with E-state index in [9.17, 15) is 50.4 Å². The number of ether oxygens (including phenoxy) is 6. The molecule has 0 saturated carbocycles. The lowest BCUT2D eigenvalue weighted by atomic mass is 10.1. The van der Waals surface area contributed by atoms with Crippen LogP contribution in [0.1, 0.15) is 194 Å². The number of hydrogen-bond acceptors (Lipinski definition) is 39. The first-order valence-electron chi connectivity index (χ1n) is 46.5. The number of fused-ring (bicyclic) bond motifs is 3. The molecule has 0 amide bonds. The van der Waals surface area contributed by atoms with Crippen molar-refractivity contribution in [3.05, 3.63) is 55.0 Å². The minimum absolute atomic E-state index is 0.000308. The Balaban J connectivity index is 0.000000455. The lowest BCUT2D eigenvalue weighted by molar-refractivity contribution is -0.172. The number of halogens is 1. The monoisotopic (exact) mass is 1910 g/mol. The van der Waals surface area contributed by atoms with E-state index in [-0.39, 0.29) is 25.0 Å². The van der Waals surface area contributed by atoms with E-state index in [0.717, 1.165) is 129 Å². The van der Waals surface area contributed by atoms with Crippen LogP contribution in [0.3, 0.4) is 0 Å². The minimum Gasteiger partial charge on any atom is -0.461 e. The number of carbonyl (C=O) groups excluding carboxylic acids is 2. The number of nitrogens with one attached hydrogen (secondary N) is 8. The van der Waals surface area contributed by atoms with Crippen molar-refractivity contribution in [1.82, 2.24) is 105 Å². The summed E-state index contributed by atoms with van der Waals surface area (Å²) in [7, 11) is 3.98. The molecule has 14 atom stereocenters. The third-order valence-corrected chi connectivity index (χ3v) is 20.7. The van der Waals surface area contributed by atoms with Gasteiger partial charge in [0, 0.05) is 32.3 Å². The van der Waals surface area contributed by atoms with Crippen molar-refractivity contribution < 1.29 is 89.1 Å². The Bertz CT molecular complexity index is 4370. The Kier molecular flexibility index (Phi) is 66.0. The highest BCUT2D eigenvalue weighted by molar-refractivity contribution is 6.33. The molecule has 10 rings (SSSR count). The number of aliphatic hydroxyl groups is 10. The first-order valence-corrected chi connectivity index (χ1v) is 46.8. The maximum Gasteiger partial charge on any atom is 0.347 e. The molecule has 0 bridgehead atoms. The SMILES string of the molecule is C#CCC.C#CCNCCCCCCN.C#CCNCCCCCCNC.C#CCNCCCCCCNc1ncnc2c1ncn2[C@@H]1O[C@H](CO)C(O)[C@@H]1O.CC.CC(O)C(=O)OC(C)C(=O)OCCOCCn1cc(CNCCCCCCNc2ncnc3c2ncn3[C@@H]2O[C@H](CO)C(O)[C@@H]2O)nn1.CNCCCCCCN.OC[C@H]1O[C@@H](n2cnc3c(Cl)ncnc32)[C@@H](O)C1O. The van der Waals surface area contributed by atoms with Gasteiger partial charge in [0.2, 0.25) is 0 Å². The van der Waals surface area contributed by atoms with E-state index >= 15 is 0 Å². The van der Waals surface area contributed by atoms with Gasteiger partial charge in [0.25, 0.3) is 0 Å². The number of anilines is 2. The Morgan fingerprint density at radius 1 is 0.485 bits per heavy atom. The van der Waals surface area contributed by atoms with Crippen LogP contribution in [0, 0.1) is 49.4 Å². The predicted molar refractivity (Wildman–Crippen MR) is 512 cm³/mol. The molecule has 7 aromatic rings. The molecule has 10 heterocycles. The van der Waals surface area contributed by atoms with Gasteiger partial charge in [0.1, 0.15) is 92.1 Å². The van der Waals surface area contributed by atoms with Crippen LogP contribution in [0.15, 0.2) is 44.2 Å². The number of terminal acetylenes is 4. The van der Waals surface area contributed by atoms with Gasteiger partial charge in [-0.25, -0.2) is 59.1 Å². The normalized spacial score (nSPS) is 19.5. The number of esters is 2. The fourth-order valence-corrected chi connectivity index (χ4v) is 13.3. The summed E-state index contributed by atoms with van der Waals surface area (Å²) in [5.74, 6) is 9.64. The molecule has 3 aliphatic heterocycles. The number of rotatable bonds is 55. The molecule has 134 heavy (non-hydrogen) atoms. The van der Waals surface area contributed by atoms with E-state index in [1.165, 1.54) is 132 Å². The predicted octanol–water partition coefficient (Wildman–Crippen LogP) is 1.89. The lowest BCUT2D eigenvalue weighted by Gasteiger charge is -2.16. The van der Waals surface area contributed by atoms with Crippen molar-refractivity contribution in [3.8, 4) is 49.4 Å². The van der Waals surface area contributed by atoms with Crippen molar-refractivity contribution in [2.45, 2.75) is 268 Å². The van der Waals surface area contributed by atoms with Crippen LogP contribution in [0.4, 0.5) is 11.6 Å². The zero-order valence-electron chi connectivity index (χ0n) is 79.1. The summed E-state index contributed by atoms with van der Waals surface area (Å²) in [6, 6.07) is 0. The highest BCUT2D eigenvalue weighted by atomic mass is 35.5. The van der Waals surface area contributed by atoms with E-state index < -0.39 is 111 Å². The number of nitrogens with zero attached hydrogens (tertiary/aromatic N) is 15. The summed E-state index contributed by atoms with van der Waals surface area (Å²) < 4.78 is 38.0. The second-order valence-corrected chi connectivity index (χ2v) is 31.2. The molecule has 752 valence electrons. The molecule has 0 aromatic carbocycles. The van der Waals surface area contributed by atoms with Gasteiger partial charge in [0.15, 0.2) is 69.6 Å². The van der Waals surface area contributed by atoms with E-state index in [4.69, 9.17) is 87.4 Å². The first kappa shape index (κ1) is 119. The smallest absolute Gasteiger partial charge is 0.347 e. The number of unbranched alkanes of at least 4 members (excludes halogenated alkanes) is 15. The van der Waals surface area contributed by atoms with Crippen LogP contribution in [-0.2, 0) is 51.1 Å². The quantitative estimate of drug-likeness (QED) is 0.0112. The Labute approximate surface area is 793 Å². The van der Waals surface area contributed by atoms with Crippen LogP contribution in [0.5, 0.6) is 0 Å². The van der Waals surface area contributed by atoms with Crippen LogP contribution >= 0.6 is 11.6 Å². The van der Waals surface area contributed by atoms with Gasteiger partial charge in [-0.1, -0.05) is 120 Å². The van der Waals surface area contributed by atoms with E-state index in [2.05, 4.69) is 121 Å². The summed E-state index contributed by atoms with van der Waals surface area (Å²) in [6.45, 7) is 20.2. The van der Waals surface area contributed by atoms with Crippen molar-refractivity contribution in [2.75, 3.05) is 149 Å². The van der Waals surface area contributed by atoms with E-state index in [1.807, 2.05) is 41.1 Å². The number of hydrogen-bond donors (Lipinski definition) is 20. The Morgan fingerprint density at radius 2 is 0.851 bits per heavy atom. The van der Waals surface area contributed by atoms with Crippen LogP contribution in [0.25, 0.3) is 33.5 Å². The fourth-order valence-electron chi connectivity index (χ4n) is 13.1. The largest absolute Gasteiger partial charge is 0.461 e. The average molecular weight is 1910 g/mol. The molecule has 3 fully saturated rings. The van der Waals surface area contributed by atoms with Gasteiger partial charge in [-0.05, 0) is 145 Å².